The fourth-order valence-corrected chi connectivity index (χ4v) is 3.43. The molecule has 7 nitrogen and oxygen atoms in total. The van der Waals surface area contributed by atoms with Crippen LogP contribution in [-0.4, -0.2) is 23.8 Å². The second kappa shape index (κ2) is 6.94. The average molecular weight is 377 g/mol. The van der Waals surface area contributed by atoms with Gasteiger partial charge in [-0.3, -0.25) is 9.59 Å². The van der Waals surface area contributed by atoms with E-state index in [4.69, 9.17) is 4.74 Å². The number of imide groups is 1. The molecule has 0 spiro atoms. The van der Waals surface area contributed by atoms with Gasteiger partial charge in [-0.2, -0.15) is 0 Å². The molecule has 0 aromatic heterocycles. The van der Waals surface area contributed by atoms with E-state index in [1.54, 1.807) is 6.07 Å². The number of nitrogens with zero attached hydrogens (tertiary/aromatic N) is 1. The number of anilines is 1. The summed E-state index contributed by atoms with van der Waals surface area (Å²) in [5, 5.41) is 0. The number of aryl methyl sites for hydroxylation is 2. The number of hydrogen-bond donors (Lipinski definition) is 2. The SMILES string of the molecule is Cc1ccc(N2C(=O)C3=C(C(=O)OCc4ccccc4)NN[C@@H]3C2=O)c(C)c1. The standard InChI is InChI=1S/C21H19N3O4/c1-12-8-9-15(13(2)10-12)24-19(25)16-17(20(24)26)22-23-18(16)21(27)28-11-14-6-4-3-5-7-14/h3-10,17,22-23H,11H2,1-2H3/t17-/m0/s1. The number of ether oxygens (including phenoxy) is 1. The summed E-state index contributed by atoms with van der Waals surface area (Å²) in [6.45, 7) is 3.85. The minimum atomic E-state index is -0.910. The van der Waals surface area contributed by atoms with Crippen LogP contribution >= 0.6 is 0 Å². The minimum absolute atomic E-state index is 0.0217. The minimum Gasteiger partial charge on any atom is -0.456 e. The average Bonchev–Trinajstić information content (AvgIpc) is 3.22. The Bertz CT molecular complexity index is 1010. The number of rotatable bonds is 4. The summed E-state index contributed by atoms with van der Waals surface area (Å²) in [6.07, 6.45) is 0. The van der Waals surface area contributed by atoms with Gasteiger partial charge in [0.2, 0.25) is 0 Å². The zero-order chi connectivity index (χ0) is 19.8. The van der Waals surface area contributed by atoms with Crippen molar-refractivity contribution in [2.45, 2.75) is 26.5 Å². The molecule has 1 fully saturated rings. The van der Waals surface area contributed by atoms with Crippen LogP contribution in [0.1, 0.15) is 16.7 Å². The van der Waals surface area contributed by atoms with Gasteiger partial charge in [-0.15, -0.1) is 0 Å². The molecule has 2 aliphatic rings. The Labute approximate surface area is 161 Å². The molecule has 2 aromatic carbocycles. The smallest absolute Gasteiger partial charge is 0.356 e. The molecule has 2 amide bonds. The predicted molar refractivity (Wildman–Crippen MR) is 102 cm³/mol. The maximum Gasteiger partial charge on any atom is 0.356 e. The van der Waals surface area contributed by atoms with Crippen molar-refractivity contribution in [1.82, 2.24) is 10.9 Å². The van der Waals surface area contributed by atoms with Crippen LogP contribution < -0.4 is 15.8 Å². The van der Waals surface area contributed by atoms with Crippen molar-refractivity contribution >= 4 is 23.5 Å². The van der Waals surface area contributed by atoms with E-state index in [2.05, 4.69) is 10.9 Å². The Balaban J connectivity index is 1.60. The fraction of sp³-hybridized carbons (Fsp3) is 0.190. The molecule has 2 N–H and O–H groups in total. The Morgan fingerprint density at radius 2 is 1.86 bits per heavy atom. The number of nitrogens with one attached hydrogen (secondary N) is 2. The normalized spacial score (nSPS) is 18.4. The van der Waals surface area contributed by atoms with Gasteiger partial charge in [0.15, 0.2) is 0 Å². The first-order valence-electron chi connectivity index (χ1n) is 8.89. The molecular weight excluding hydrogens is 358 g/mol. The summed E-state index contributed by atoms with van der Waals surface area (Å²) in [5.74, 6) is -1.63. The van der Waals surface area contributed by atoms with Gasteiger partial charge in [0.05, 0.1) is 11.3 Å². The van der Waals surface area contributed by atoms with E-state index in [9.17, 15) is 14.4 Å². The monoisotopic (exact) mass is 377 g/mol. The Hall–Kier alpha value is -3.45. The second-order valence-electron chi connectivity index (χ2n) is 6.82. The van der Waals surface area contributed by atoms with Crippen LogP contribution in [0, 0.1) is 13.8 Å². The topological polar surface area (TPSA) is 87.7 Å². The van der Waals surface area contributed by atoms with E-state index >= 15 is 0 Å². The number of carbonyl (C=O) groups is 3. The highest BCUT2D eigenvalue weighted by atomic mass is 16.5. The third-order valence-electron chi connectivity index (χ3n) is 4.81. The van der Waals surface area contributed by atoms with Gasteiger partial charge in [0.25, 0.3) is 11.8 Å². The van der Waals surface area contributed by atoms with Gasteiger partial charge >= 0.3 is 5.97 Å². The van der Waals surface area contributed by atoms with Crippen molar-refractivity contribution in [2.75, 3.05) is 4.90 Å². The van der Waals surface area contributed by atoms with E-state index in [1.807, 2.05) is 56.3 Å². The molecule has 2 aromatic rings. The Morgan fingerprint density at radius 3 is 2.57 bits per heavy atom. The van der Waals surface area contributed by atoms with Crippen LogP contribution in [0.15, 0.2) is 59.8 Å². The summed E-state index contributed by atoms with van der Waals surface area (Å²) in [7, 11) is 0. The summed E-state index contributed by atoms with van der Waals surface area (Å²) in [4.78, 5) is 39.4. The highest BCUT2D eigenvalue weighted by molar-refractivity contribution is 6.33. The molecule has 0 bridgehead atoms. The quantitative estimate of drug-likeness (QED) is 0.622. The van der Waals surface area contributed by atoms with Crippen molar-refractivity contribution in [3.63, 3.8) is 0 Å². The zero-order valence-corrected chi connectivity index (χ0v) is 15.5. The lowest BCUT2D eigenvalue weighted by molar-refractivity contribution is -0.141. The van der Waals surface area contributed by atoms with Crippen molar-refractivity contribution < 1.29 is 19.1 Å². The number of hydrazine groups is 1. The molecule has 142 valence electrons. The van der Waals surface area contributed by atoms with Gasteiger partial charge in [0.1, 0.15) is 18.3 Å². The van der Waals surface area contributed by atoms with Crippen molar-refractivity contribution in [3.8, 4) is 0 Å². The predicted octanol–water partition coefficient (Wildman–Crippen LogP) is 1.65. The molecule has 2 aliphatic heterocycles. The number of esters is 1. The number of amides is 2. The Morgan fingerprint density at radius 1 is 1.11 bits per heavy atom. The first-order chi connectivity index (χ1) is 13.5. The first kappa shape index (κ1) is 17.9. The molecule has 0 saturated carbocycles. The van der Waals surface area contributed by atoms with Gasteiger partial charge in [-0.05, 0) is 31.0 Å². The van der Waals surface area contributed by atoms with Crippen LogP contribution in [-0.2, 0) is 25.7 Å². The first-order valence-corrected chi connectivity index (χ1v) is 8.89. The highest BCUT2D eigenvalue weighted by Gasteiger charge is 2.50. The van der Waals surface area contributed by atoms with Gasteiger partial charge in [-0.25, -0.2) is 15.1 Å². The van der Waals surface area contributed by atoms with E-state index in [-0.39, 0.29) is 17.9 Å². The molecule has 2 heterocycles. The summed E-state index contributed by atoms with van der Waals surface area (Å²) >= 11 is 0. The lowest BCUT2D eigenvalue weighted by atomic mass is 10.1. The van der Waals surface area contributed by atoms with E-state index in [0.717, 1.165) is 21.6 Å². The number of fused-ring (bicyclic) bond motifs is 1. The summed E-state index contributed by atoms with van der Waals surface area (Å²) < 4.78 is 5.30. The molecular formula is C21H19N3O4. The zero-order valence-electron chi connectivity index (χ0n) is 15.5. The van der Waals surface area contributed by atoms with Crippen molar-refractivity contribution in [1.29, 1.82) is 0 Å². The van der Waals surface area contributed by atoms with Crippen LogP contribution in [0.5, 0.6) is 0 Å². The van der Waals surface area contributed by atoms with Gasteiger partial charge in [-0.1, -0.05) is 48.0 Å². The fourth-order valence-electron chi connectivity index (χ4n) is 3.43. The largest absolute Gasteiger partial charge is 0.456 e. The molecule has 0 aliphatic carbocycles. The summed E-state index contributed by atoms with van der Waals surface area (Å²) in [6, 6.07) is 13.8. The summed E-state index contributed by atoms with van der Waals surface area (Å²) in [5.41, 5.74) is 8.61. The maximum absolute atomic E-state index is 13.0. The van der Waals surface area contributed by atoms with Crippen LogP contribution in [0.3, 0.4) is 0 Å². The van der Waals surface area contributed by atoms with E-state index in [1.165, 1.54) is 0 Å². The molecule has 0 unspecified atom stereocenters. The van der Waals surface area contributed by atoms with Crippen molar-refractivity contribution in [3.05, 3.63) is 76.5 Å². The van der Waals surface area contributed by atoms with Crippen LogP contribution in [0.25, 0.3) is 0 Å². The van der Waals surface area contributed by atoms with Crippen LogP contribution in [0.4, 0.5) is 5.69 Å². The number of benzene rings is 2. The third-order valence-corrected chi connectivity index (χ3v) is 4.81. The second-order valence-corrected chi connectivity index (χ2v) is 6.82. The van der Waals surface area contributed by atoms with Crippen LogP contribution in [0.2, 0.25) is 0 Å². The highest BCUT2D eigenvalue weighted by Crippen LogP contribution is 2.32. The molecule has 4 rings (SSSR count). The number of hydrogen-bond acceptors (Lipinski definition) is 6. The van der Waals surface area contributed by atoms with E-state index in [0.29, 0.717) is 5.69 Å². The molecule has 1 saturated heterocycles. The lowest BCUT2D eigenvalue weighted by Gasteiger charge is -2.18. The molecule has 0 radical (unpaired) electrons. The third kappa shape index (κ3) is 2.95. The van der Waals surface area contributed by atoms with Gasteiger partial charge in [0, 0.05) is 0 Å². The Kier molecular flexibility index (Phi) is 4.44. The molecule has 28 heavy (non-hydrogen) atoms. The lowest BCUT2D eigenvalue weighted by Crippen LogP contribution is -2.43. The van der Waals surface area contributed by atoms with E-state index < -0.39 is 23.8 Å². The van der Waals surface area contributed by atoms with Gasteiger partial charge < -0.3 is 10.2 Å². The number of carbonyl (C=O) groups excluding carboxylic acids is 3. The van der Waals surface area contributed by atoms with Crippen molar-refractivity contribution in [2.24, 2.45) is 0 Å². The molecule has 1 atom stereocenters. The maximum atomic E-state index is 13.0. The molecule has 7 heteroatoms.